The highest BCUT2D eigenvalue weighted by atomic mass is 32.2. The molecule has 1 unspecified atom stereocenters. The highest BCUT2D eigenvalue weighted by Crippen LogP contribution is 2.44. The molecule has 4 aromatic rings. The number of carbonyl (C=O) groups excluding carboxylic acids is 1. The second kappa shape index (κ2) is 8.40. The van der Waals surface area contributed by atoms with Crippen LogP contribution in [0.15, 0.2) is 66.9 Å². The Morgan fingerprint density at radius 1 is 1.03 bits per heavy atom. The summed E-state index contributed by atoms with van der Waals surface area (Å²) < 4.78 is 28.8. The lowest BCUT2D eigenvalue weighted by atomic mass is 10.1. The quantitative estimate of drug-likeness (QED) is 0.428. The molecule has 1 saturated heterocycles. The number of amides is 1. The highest BCUT2D eigenvalue weighted by molar-refractivity contribution is 8.00. The predicted molar refractivity (Wildman–Crippen MR) is 121 cm³/mol. The number of aromatic hydroxyl groups is 1. The van der Waals surface area contributed by atoms with Crippen LogP contribution in [0.3, 0.4) is 0 Å². The van der Waals surface area contributed by atoms with E-state index in [9.17, 15) is 18.7 Å². The molecule has 5 rings (SSSR count). The summed E-state index contributed by atoms with van der Waals surface area (Å²) in [4.78, 5) is 15.1. The standard InChI is InChI=1S/C23H17F2N3O2S2/c24-15-3-5-16(6-4-15)28-12-18(22(26-28)19-9-10-20(25)32-19)23-27(21(30)13-31-23)11-14-1-7-17(29)8-2-14/h1-10,12,23,29H,11,13H2. The Morgan fingerprint density at radius 2 is 1.78 bits per heavy atom. The lowest BCUT2D eigenvalue weighted by Gasteiger charge is -2.24. The Morgan fingerprint density at radius 3 is 2.47 bits per heavy atom. The van der Waals surface area contributed by atoms with Crippen LogP contribution < -0.4 is 0 Å². The third-order valence-corrected chi connectivity index (χ3v) is 7.28. The van der Waals surface area contributed by atoms with Gasteiger partial charge in [0.15, 0.2) is 5.13 Å². The average Bonchev–Trinajstić information content (AvgIpc) is 3.49. The van der Waals surface area contributed by atoms with Crippen molar-refractivity contribution in [3.63, 3.8) is 0 Å². The van der Waals surface area contributed by atoms with Crippen LogP contribution in [0.2, 0.25) is 0 Å². The van der Waals surface area contributed by atoms with Crippen molar-refractivity contribution < 1.29 is 18.7 Å². The summed E-state index contributed by atoms with van der Waals surface area (Å²) in [6.07, 6.45) is 1.82. The highest BCUT2D eigenvalue weighted by Gasteiger charge is 2.36. The number of aromatic nitrogens is 2. The number of halogens is 2. The Hall–Kier alpha value is -3.17. The van der Waals surface area contributed by atoms with Gasteiger partial charge in [-0.1, -0.05) is 12.1 Å². The molecule has 0 saturated carbocycles. The fourth-order valence-corrected chi connectivity index (χ4v) is 5.54. The molecule has 3 heterocycles. The molecule has 5 nitrogen and oxygen atoms in total. The SMILES string of the molecule is O=C1CSC(c2cn(-c3ccc(F)cc3)nc2-c2ccc(F)s2)N1Cc1ccc(O)cc1. The van der Waals surface area contributed by atoms with Crippen LogP contribution in [0.25, 0.3) is 16.3 Å². The zero-order chi connectivity index (χ0) is 22.2. The lowest BCUT2D eigenvalue weighted by molar-refractivity contribution is -0.128. The average molecular weight is 470 g/mol. The summed E-state index contributed by atoms with van der Waals surface area (Å²) in [5, 5.41) is 13.6. The van der Waals surface area contributed by atoms with Crippen molar-refractivity contribution in [2.24, 2.45) is 0 Å². The van der Waals surface area contributed by atoms with E-state index in [1.54, 1.807) is 52.0 Å². The smallest absolute Gasteiger partial charge is 0.234 e. The van der Waals surface area contributed by atoms with Gasteiger partial charge in [-0.05, 0) is 54.1 Å². The minimum atomic E-state index is -0.348. The number of phenols is 1. The minimum Gasteiger partial charge on any atom is -0.508 e. The van der Waals surface area contributed by atoms with Crippen LogP contribution in [0.4, 0.5) is 8.78 Å². The number of benzene rings is 2. The van der Waals surface area contributed by atoms with Crippen molar-refractivity contribution in [2.45, 2.75) is 11.9 Å². The van der Waals surface area contributed by atoms with Gasteiger partial charge in [0, 0.05) is 18.3 Å². The van der Waals surface area contributed by atoms with E-state index in [1.807, 2.05) is 6.20 Å². The maximum Gasteiger partial charge on any atom is 0.234 e. The molecule has 1 N–H and O–H groups in total. The monoisotopic (exact) mass is 469 g/mol. The van der Waals surface area contributed by atoms with Gasteiger partial charge in [0.2, 0.25) is 5.91 Å². The lowest BCUT2D eigenvalue weighted by Crippen LogP contribution is -2.27. The first-order valence-electron chi connectivity index (χ1n) is 9.78. The van der Waals surface area contributed by atoms with Crippen molar-refractivity contribution >= 4 is 29.0 Å². The number of carbonyl (C=O) groups is 1. The molecule has 1 fully saturated rings. The number of thiophene rings is 1. The number of nitrogens with zero attached hydrogens (tertiary/aromatic N) is 3. The first-order valence-corrected chi connectivity index (χ1v) is 11.6. The zero-order valence-corrected chi connectivity index (χ0v) is 18.2. The van der Waals surface area contributed by atoms with E-state index in [0.29, 0.717) is 28.6 Å². The van der Waals surface area contributed by atoms with E-state index in [1.165, 1.54) is 30.0 Å². The Kier molecular flexibility index (Phi) is 5.44. The van der Waals surface area contributed by atoms with E-state index in [2.05, 4.69) is 5.10 Å². The molecular weight excluding hydrogens is 452 g/mol. The van der Waals surface area contributed by atoms with E-state index in [4.69, 9.17) is 0 Å². The second-order valence-corrected chi connectivity index (χ2v) is 9.41. The maximum absolute atomic E-state index is 13.8. The van der Waals surface area contributed by atoms with Gasteiger partial charge in [0.25, 0.3) is 0 Å². The first kappa shape index (κ1) is 20.7. The topological polar surface area (TPSA) is 58.4 Å². The predicted octanol–water partition coefficient (Wildman–Crippen LogP) is 5.36. The molecule has 32 heavy (non-hydrogen) atoms. The minimum absolute atomic E-state index is 0.00841. The summed E-state index contributed by atoms with van der Waals surface area (Å²) in [7, 11) is 0. The van der Waals surface area contributed by atoms with Crippen LogP contribution in [-0.2, 0) is 11.3 Å². The number of phenolic OH excluding ortho intramolecular Hbond substituents is 1. The summed E-state index contributed by atoms with van der Waals surface area (Å²) in [6, 6.07) is 15.7. The van der Waals surface area contributed by atoms with Crippen LogP contribution in [-0.4, -0.2) is 31.4 Å². The van der Waals surface area contributed by atoms with Gasteiger partial charge >= 0.3 is 0 Å². The van der Waals surface area contributed by atoms with Gasteiger partial charge in [-0.15, -0.1) is 23.1 Å². The molecule has 2 aromatic carbocycles. The van der Waals surface area contributed by atoms with Gasteiger partial charge in [-0.25, -0.2) is 9.07 Å². The fraction of sp³-hybridized carbons (Fsp3) is 0.130. The van der Waals surface area contributed by atoms with Crippen molar-refractivity contribution in [3.05, 3.63) is 88.9 Å². The van der Waals surface area contributed by atoms with Crippen molar-refractivity contribution in [1.82, 2.24) is 14.7 Å². The molecule has 1 amide bonds. The molecule has 1 aliphatic heterocycles. The zero-order valence-electron chi connectivity index (χ0n) is 16.6. The molecule has 0 bridgehead atoms. The van der Waals surface area contributed by atoms with E-state index < -0.39 is 0 Å². The molecule has 2 aromatic heterocycles. The third kappa shape index (κ3) is 4.01. The summed E-state index contributed by atoms with van der Waals surface area (Å²) in [6.45, 7) is 0.372. The van der Waals surface area contributed by atoms with Gasteiger partial charge in [-0.2, -0.15) is 9.49 Å². The van der Waals surface area contributed by atoms with Crippen LogP contribution in [0, 0.1) is 10.9 Å². The molecule has 0 radical (unpaired) electrons. The second-order valence-electron chi connectivity index (χ2n) is 7.31. The normalized spacial score (nSPS) is 16.1. The number of hydrogen-bond donors (Lipinski definition) is 1. The molecule has 162 valence electrons. The Labute approximate surface area is 190 Å². The van der Waals surface area contributed by atoms with Gasteiger partial charge in [0.05, 0.1) is 16.3 Å². The number of hydrogen-bond acceptors (Lipinski definition) is 5. The van der Waals surface area contributed by atoms with E-state index in [0.717, 1.165) is 22.5 Å². The Balaban J connectivity index is 1.56. The molecule has 0 aliphatic carbocycles. The van der Waals surface area contributed by atoms with E-state index >= 15 is 0 Å². The molecule has 0 spiro atoms. The van der Waals surface area contributed by atoms with E-state index in [-0.39, 0.29) is 28.0 Å². The van der Waals surface area contributed by atoms with Crippen LogP contribution >= 0.6 is 23.1 Å². The van der Waals surface area contributed by atoms with Crippen molar-refractivity contribution in [1.29, 1.82) is 0 Å². The van der Waals surface area contributed by atoms with Gasteiger partial charge in [-0.3, -0.25) is 4.79 Å². The third-order valence-electron chi connectivity index (χ3n) is 5.16. The summed E-state index contributed by atoms with van der Waals surface area (Å²) in [5.41, 5.74) is 2.92. The van der Waals surface area contributed by atoms with Crippen molar-refractivity contribution in [3.8, 4) is 22.0 Å². The molecule has 1 atom stereocenters. The first-order chi connectivity index (χ1) is 15.5. The summed E-state index contributed by atoms with van der Waals surface area (Å²) >= 11 is 2.47. The van der Waals surface area contributed by atoms with Crippen molar-refractivity contribution in [2.75, 3.05) is 5.75 Å². The van der Waals surface area contributed by atoms with Crippen LogP contribution in [0.1, 0.15) is 16.5 Å². The fourth-order valence-electron chi connectivity index (χ4n) is 3.61. The largest absolute Gasteiger partial charge is 0.508 e. The Bertz CT molecular complexity index is 1270. The van der Waals surface area contributed by atoms with Gasteiger partial charge < -0.3 is 10.0 Å². The van der Waals surface area contributed by atoms with Crippen LogP contribution in [0.5, 0.6) is 5.75 Å². The number of rotatable bonds is 5. The molecule has 9 heteroatoms. The summed E-state index contributed by atoms with van der Waals surface area (Å²) in [5.74, 6) is 0.127. The van der Waals surface area contributed by atoms with Gasteiger partial charge in [0.1, 0.15) is 22.6 Å². The molecule has 1 aliphatic rings. The number of thioether (sulfide) groups is 1. The maximum atomic E-state index is 13.8. The molecular formula is C23H17F2N3O2S2.